The van der Waals surface area contributed by atoms with Crippen LogP contribution in [-0.4, -0.2) is 18.9 Å². The van der Waals surface area contributed by atoms with Gasteiger partial charge in [-0.3, -0.25) is 4.79 Å². The zero-order valence-corrected chi connectivity index (χ0v) is 11.2. The van der Waals surface area contributed by atoms with Gasteiger partial charge in [-0.05, 0) is 25.0 Å². The molecule has 0 aromatic carbocycles. The van der Waals surface area contributed by atoms with Crippen molar-refractivity contribution in [3.05, 3.63) is 23.7 Å². The second-order valence-electron chi connectivity index (χ2n) is 4.27. The Bertz CT molecular complexity index is 406. The first-order valence-corrected chi connectivity index (χ1v) is 6.36. The fourth-order valence-corrected chi connectivity index (χ4v) is 1.85. The average molecular weight is 252 g/mol. The van der Waals surface area contributed by atoms with E-state index in [0.29, 0.717) is 0 Å². The van der Waals surface area contributed by atoms with E-state index in [2.05, 4.69) is 11.7 Å². The minimum atomic E-state index is -0.560. The quantitative estimate of drug-likeness (QED) is 0.550. The van der Waals surface area contributed by atoms with Crippen LogP contribution in [0.2, 0.25) is 0 Å². The number of methoxy groups -OCH3 is 1. The predicted molar refractivity (Wildman–Crippen MR) is 67.7 cm³/mol. The number of ketones is 1. The summed E-state index contributed by atoms with van der Waals surface area (Å²) in [6.45, 7) is 4.09. The molecule has 0 aliphatic heterocycles. The van der Waals surface area contributed by atoms with E-state index in [0.717, 1.165) is 25.7 Å². The molecule has 1 atom stereocenters. The topological polar surface area (TPSA) is 56.5 Å². The molecule has 1 aromatic rings. The van der Waals surface area contributed by atoms with Crippen LogP contribution in [0.15, 0.2) is 16.5 Å². The summed E-state index contributed by atoms with van der Waals surface area (Å²) in [5.41, 5.74) is 0. The van der Waals surface area contributed by atoms with Crippen LogP contribution in [0.1, 0.15) is 60.6 Å². The largest absolute Gasteiger partial charge is 0.463 e. The highest BCUT2D eigenvalue weighted by molar-refractivity contribution is 5.96. The molecule has 0 aliphatic rings. The lowest BCUT2D eigenvalue weighted by Gasteiger charge is -2.10. The van der Waals surface area contributed by atoms with Gasteiger partial charge in [-0.1, -0.05) is 26.7 Å². The van der Waals surface area contributed by atoms with Crippen molar-refractivity contribution in [1.29, 1.82) is 0 Å². The Labute approximate surface area is 107 Å². The molecule has 0 fully saturated rings. The summed E-state index contributed by atoms with van der Waals surface area (Å²) in [7, 11) is 1.28. The van der Waals surface area contributed by atoms with Crippen molar-refractivity contribution in [2.75, 3.05) is 7.11 Å². The number of furan rings is 1. The Morgan fingerprint density at radius 3 is 2.50 bits per heavy atom. The number of carbonyl (C=O) groups is 2. The maximum Gasteiger partial charge on any atom is 0.373 e. The van der Waals surface area contributed by atoms with Crippen LogP contribution in [0.4, 0.5) is 0 Å². The Hall–Kier alpha value is -1.58. The van der Waals surface area contributed by atoms with E-state index < -0.39 is 5.97 Å². The average Bonchev–Trinajstić information content (AvgIpc) is 2.88. The van der Waals surface area contributed by atoms with Crippen molar-refractivity contribution >= 4 is 11.8 Å². The van der Waals surface area contributed by atoms with Gasteiger partial charge in [0.2, 0.25) is 11.5 Å². The molecule has 4 heteroatoms. The number of rotatable bonds is 7. The summed E-state index contributed by atoms with van der Waals surface area (Å²) in [6.07, 6.45) is 3.73. The van der Waals surface area contributed by atoms with Gasteiger partial charge in [0.15, 0.2) is 5.76 Å². The zero-order valence-electron chi connectivity index (χ0n) is 11.2. The first-order chi connectivity index (χ1) is 8.63. The van der Waals surface area contributed by atoms with Crippen molar-refractivity contribution in [1.82, 2.24) is 0 Å². The number of unbranched alkanes of at least 4 members (excludes halogenated alkanes) is 1. The van der Waals surface area contributed by atoms with Gasteiger partial charge >= 0.3 is 5.97 Å². The highest BCUT2D eigenvalue weighted by Gasteiger charge is 2.22. The minimum Gasteiger partial charge on any atom is -0.463 e. The van der Waals surface area contributed by atoms with Crippen LogP contribution >= 0.6 is 0 Å². The van der Waals surface area contributed by atoms with E-state index in [9.17, 15) is 9.59 Å². The minimum absolute atomic E-state index is 0.0263. The van der Waals surface area contributed by atoms with Gasteiger partial charge in [-0.25, -0.2) is 4.79 Å². The summed E-state index contributed by atoms with van der Waals surface area (Å²) in [5.74, 6) is -0.289. The van der Waals surface area contributed by atoms with Gasteiger partial charge in [0.05, 0.1) is 7.11 Å². The van der Waals surface area contributed by atoms with Crippen LogP contribution in [0.3, 0.4) is 0 Å². The van der Waals surface area contributed by atoms with Crippen molar-refractivity contribution in [3.63, 3.8) is 0 Å². The van der Waals surface area contributed by atoms with Crippen LogP contribution in [-0.2, 0) is 4.74 Å². The molecule has 1 aromatic heterocycles. The second kappa shape index (κ2) is 6.99. The van der Waals surface area contributed by atoms with Crippen LogP contribution in [0, 0.1) is 5.92 Å². The Morgan fingerprint density at radius 2 is 1.94 bits per heavy atom. The third-order valence-electron chi connectivity index (χ3n) is 3.01. The Kier molecular flexibility index (Phi) is 5.62. The van der Waals surface area contributed by atoms with E-state index in [-0.39, 0.29) is 23.2 Å². The molecule has 0 bridgehead atoms. The molecule has 0 saturated carbocycles. The highest BCUT2D eigenvalue weighted by atomic mass is 16.5. The molecule has 0 radical (unpaired) electrons. The summed E-state index contributed by atoms with van der Waals surface area (Å²) in [6, 6.07) is 3.02. The number of ether oxygens (including phenoxy) is 1. The first kappa shape index (κ1) is 14.5. The standard InChI is InChI=1S/C14H20O4/c1-4-6-7-10(5-2)13(15)11-8-9-12(18-11)14(16)17-3/h8-10H,4-7H2,1-3H3. The van der Waals surface area contributed by atoms with Crippen LogP contribution in [0.25, 0.3) is 0 Å². The number of hydrogen-bond donors (Lipinski definition) is 0. The van der Waals surface area contributed by atoms with E-state index in [1.807, 2.05) is 6.92 Å². The molecule has 1 heterocycles. The normalized spacial score (nSPS) is 12.2. The first-order valence-electron chi connectivity index (χ1n) is 6.36. The van der Waals surface area contributed by atoms with E-state index in [1.165, 1.54) is 13.2 Å². The lowest BCUT2D eigenvalue weighted by Crippen LogP contribution is -2.13. The highest BCUT2D eigenvalue weighted by Crippen LogP contribution is 2.20. The summed E-state index contributed by atoms with van der Waals surface area (Å²) >= 11 is 0. The molecular weight excluding hydrogens is 232 g/mol. The lowest BCUT2D eigenvalue weighted by atomic mass is 9.93. The number of carbonyl (C=O) groups excluding carboxylic acids is 2. The number of Topliss-reactive ketones (excluding diaryl/α,β-unsaturated/α-hetero) is 1. The van der Waals surface area contributed by atoms with E-state index >= 15 is 0 Å². The molecular formula is C14H20O4. The fraction of sp³-hybridized carbons (Fsp3) is 0.571. The molecule has 1 unspecified atom stereocenters. The third-order valence-corrected chi connectivity index (χ3v) is 3.01. The summed E-state index contributed by atoms with van der Waals surface area (Å²) in [5, 5.41) is 0. The smallest absolute Gasteiger partial charge is 0.373 e. The van der Waals surface area contributed by atoms with Crippen LogP contribution in [0.5, 0.6) is 0 Å². The van der Waals surface area contributed by atoms with Gasteiger partial charge < -0.3 is 9.15 Å². The Morgan fingerprint density at radius 1 is 1.28 bits per heavy atom. The van der Waals surface area contributed by atoms with Gasteiger partial charge in [-0.15, -0.1) is 0 Å². The van der Waals surface area contributed by atoms with Gasteiger partial charge in [0.1, 0.15) is 0 Å². The maximum atomic E-state index is 12.2. The molecule has 0 aliphatic carbocycles. The lowest BCUT2D eigenvalue weighted by molar-refractivity contribution is 0.0562. The molecule has 0 N–H and O–H groups in total. The maximum absolute atomic E-state index is 12.2. The summed E-state index contributed by atoms with van der Waals surface area (Å²) in [4.78, 5) is 23.4. The molecule has 18 heavy (non-hydrogen) atoms. The number of hydrogen-bond acceptors (Lipinski definition) is 4. The molecule has 0 amide bonds. The van der Waals surface area contributed by atoms with Gasteiger partial charge in [0, 0.05) is 5.92 Å². The zero-order chi connectivity index (χ0) is 13.5. The molecule has 4 nitrogen and oxygen atoms in total. The summed E-state index contributed by atoms with van der Waals surface area (Å²) < 4.78 is 9.77. The van der Waals surface area contributed by atoms with E-state index in [1.54, 1.807) is 6.07 Å². The van der Waals surface area contributed by atoms with Gasteiger partial charge in [0.25, 0.3) is 0 Å². The molecule has 0 saturated heterocycles. The number of esters is 1. The SMILES string of the molecule is CCCCC(CC)C(=O)c1ccc(C(=O)OC)o1. The van der Waals surface area contributed by atoms with E-state index in [4.69, 9.17) is 4.42 Å². The van der Waals surface area contributed by atoms with Crippen molar-refractivity contribution in [2.45, 2.75) is 39.5 Å². The molecule has 0 spiro atoms. The fourth-order valence-electron chi connectivity index (χ4n) is 1.85. The Balaban J connectivity index is 2.76. The molecule has 1 rings (SSSR count). The predicted octanol–water partition coefficient (Wildman–Crippen LogP) is 3.47. The third kappa shape index (κ3) is 3.45. The monoisotopic (exact) mass is 252 g/mol. The second-order valence-corrected chi connectivity index (χ2v) is 4.27. The van der Waals surface area contributed by atoms with Crippen molar-refractivity contribution < 1.29 is 18.7 Å². The van der Waals surface area contributed by atoms with Crippen molar-refractivity contribution in [3.8, 4) is 0 Å². The van der Waals surface area contributed by atoms with Crippen LogP contribution < -0.4 is 0 Å². The van der Waals surface area contributed by atoms with Crippen molar-refractivity contribution in [2.24, 2.45) is 5.92 Å². The van der Waals surface area contributed by atoms with Gasteiger partial charge in [-0.2, -0.15) is 0 Å². The molecule has 100 valence electrons.